The number of para-hydroxylation sites is 1. The van der Waals surface area contributed by atoms with Gasteiger partial charge in [0.15, 0.2) is 5.82 Å². The number of aromatic nitrogens is 2. The van der Waals surface area contributed by atoms with Crippen LogP contribution in [0.1, 0.15) is 11.1 Å². The second-order valence-electron chi connectivity index (χ2n) is 6.92. The van der Waals surface area contributed by atoms with Gasteiger partial charge >= 0.3 is 0 Å². The van der Waals surface area contributed by atoms with Gasteiger partial charge in [-0.2, -0.15) is 4.98 Å². The van der Waals surface area contributed by atoms with Crippen LogP contribution in [0.3, 0.4) is 0 Å². The van der Waals surface area contributed by atoms with Crippen molar-refractivity contribution in [1.82, 2.24) is 9.97 Å². The third-order valence-electron chi connectivity index (χ3n) is 4.63. The van der Waals surface area contributed by atoms with Crippen LogP contribution in [-0.4, -0.2) is 9.97 Å². The van der Waals surface area contributed by atoms with Crippen molar-refractivity contribution in [3.8, 4) is 23.0 Å². The van der Waals surface area contributed by atoms with E-state index < -0.39 is 0 Å². The van der Waals surface area contributed by atoms with Crippen LogP contribution in [0.15, 0.2) is 77.2 Å². The van der Waals surface area contributed by atoms with E-state index in [1.54, 1.807) is 0 Å². The molecule has 4 heteroatoms. The molecule has 5 rings (SSSR count). The number of furan rings is 1. The lowest BCUT2D eigenvalue weighted by Crippen LogP contribution is -1.95. The van der Waals surface area contributed by atoms with E-state index in [4.69, 9.17) is 19.1 Å². The van der Waals surface area contributed by atoms with E-state index in [0.29, 0.717) is 17.3 Å². The summed E-state index contributed by atoms with van der Waals surface area (Å²) < 4.78 is 12.3. The summed E-state index contributed by atoms with van der Waals surface area (Å²) in [5, 5.41) is 0.947. The fourth-order valence-corrected chi connectivity index (χ4v) is 3.45. The lowest BCUT2D eigenvalue weighted by Gasteiger charge is -2.09. The summed E-state index contributed by atoms with van der Waals surface area (Å²) in [4.78, 5) is 9.48. The molecule has 0 N–H and O–H groups in total. The number of aryl methyl sites for hydroxylation is 2. The molecule has 0 fully saturated rings. The van der Waals surface area contributed by atoms with Gasteiger partial charge in [-0.05, 0) is 49.2 Å². The van der Waals surface area contributed by atoms with Crippen molar-refractivity contribution >= 4 is 22.1 Å². The van der Waals surface area contributed by atoms with E-state index in [1.165, 1.54) is 0 Å². The van der Waals surface area contributed by atoms with Crippen LogP contribution in [0.4, 0.5) is 0 Å². The topological polar surface area (TPSA) is 48.2 Å². The Balaban J connectivity index is 1.76. The van der Waals surface area contributed by atoms with Crippen molar-refractivity contribution in [2.75, 3.05) is 0 Å². The highest BCUT2D eigenvalue weighted by atomic mass is 16.5. The Kier molecular flexibility index (Phi) is 3.83. The van der Waals surface area contributed by atoms with Crippen LogP contribution in [0.25, 0.3) is 33.5 Å². The predicted molar refractivity (Wildman–Crippen MR) is 111 cm³/mol. The highest BCUT2D eigenvalue weighted by molar-refractivity contribution is 6.04. The molecule has 3 aromatic carbocycles. The van der Waals surface area contributed by atoms with Gasteiger partial charge in [-0.3, -0.25) is 0 Å². The first kappa shape index (κ1) is 16.5. The van der Waals surface area contributed by atoms with Crippen LogP contribution < -0.4 is 4.74 Å². The average molecular weight is 366 g/mol. The van der Waals surface area contributed by atoms with Crippen molar-refractivity contribution < 1.29 is 9.15 Å². The molecular weight excluding hydrogens is 348 g/mol. The summed E-state index contributed by atoms with van der Waals surface area (Å²) in [5.41, 5.74) is 5.27. The molecule has 28 heavy (non-hydrogen) atoms. The zero-order valence-electron chi connectivity index (χ0n) is 15.6. The summed E-state index contributed by atoms with van der Waals surface area (Å²) >= 11 is 0. The van der Waals surface area contributed by atoms with Gasteiger partial charge in [-0.1, -0.05) is 48.5 Å². The molecule has 0 saturated heterocycles. The van der Waals surface area contributed by atoms with E-state index in [1.807, 2.05) is 80.6 Å². The van der Waals surface area contributed by atoms with E-state index in [0.717, 1.165) is 38.9 Å². The molecular formula is C24H18N2O2. The van der Waals surface area contributed by atoms with Crippen LogP contribution in [0, 0.1) is 13.8 Å². The normalized spacial score (nSPS) is 11.2. The van der Waals surface area contributed by atoms with Gasteiger partial charge in [0.25, 0.3) is 5.88 Å². The van der Waals surface area contributed by atoms with Gasteiger partial charge in [0.2, 0.25) is 5.58 Å². The molecule has 2 heterocycles. The van der Waals surface area contributed by atoms with E-state index in [2.05, 4.69) is 6.07 Å². The fraction of sp³-hybridized carbons (Fsp3) is 0.0833. The zero-order chi connectivity index (χ0) is 19.1. The van der Waals surface area contributed by atoms with Gasteiger partial charge in [-0.15, -0.1) is 0 Å². The third-order valence-corrected chi connectivity index (χ3v) is 4.63. The standard InChI is InChI=1S/C24H18N2O2/c1-15-12-16(2)14-18(13-15)27-24-22-21(19-10-6-7-11-20(19)28-22)25-23(26-24)17-8-4-3-5-9-17/h3-14H,1-2H3. The van der Waals surface area contributed by atoms with Crippen molar-refractivity contribution in [3.63, 3.8) is 0 Å². The Morgan fingerprint density at radius 1 is 0.786 bits per heavy atom. The first-order valence-electron chi connectivity index (χ1n) is 9.18. The minimum atomic E-state index is 0.421. The Labute approximate surface area is 162 Å². The van der Waals surface area contributed by atoms with Crippen LogP contribution in [0.2, 0.25) is 0 Å². The maximum absolute atomic E-state index is 6.20. The molecule has 0 bridgehead atoms. The Bertz CT molecular complexity index is 1290. The second kappa shape index (κ2) is 6.50. The third kappa shape index (κ3) is 2.89. The molecule has 4 nitrogen and oxygen atoms in total. The van der Waals surface area contributed by atoms with Crippen molar-refractivity contribution in [3.05, 3.63) is 83.9 Å². The smallest absolute Gasteiger partial charge is 0.267 e. The molecule has 0 radical (unpaired) electrons. The van der Waals surface area contributed by atoms with Gasteiger partial charge < -0.3 is 9.15 Å². The highest BCUT2D eigenvalue weighted by Crippen LogP contribution is 2.36. The summed E-state index contributed by atoms with van der Waals surface area (Å²) in [6.07, 6.45) is 0. The van der Waals surface area contributed by atoms with Crippen molar-refractivity contribution in [1.29, 1.82) is 0 Å². The molecule has 0 aliphatic carbocycles. The number of rotatable bonds is 3. The lowest BCUT2D eigenvalue weighted by molar-refractivity contribution is 0.456. The number of ether oxygens (including phenoxy) is 1. The molecule has 0 aliphatic heterocycles. The quantitative estimate of drug-likeness (QED) is 0.368. The van der Waals surface area contributed by atoms with Gasteiger partial charge in [-0.25, -0.2) is 4.98 Å². The lowest BCUT2D eigenvalue weighted by atomic mass is 10.1. The highest BCUT2D eigenvalue weighted by Gasteiger charge is 2.18. The largest absolute Gasteiger partial charge is 0.449 e. The molecule has 0 amide bonds. The SMILES string of the molecule is Cc1cc(C)cc(Oc2nc(-c3ccccc3)nc3c2oc2ccccc23)c1. The average Bonchev–Trinajstić information content (AvgIpc) is 3.07. The second-order valence-corrected chi connectivity index (χ2v) is 6.92. The number of benzene rings is 3. The Hall–Kier alpha value is -3.66. The summed E-state index contributed by atoms with van der Waals surface area (Å²) in [5.74, 6) is 1.76. The number of hydrogen-bond acceptors (Lipinski definition) is 4. The molecule has 5 aromatic rings. The molecule has 0 unspecified atom stereocenters. The van der Waals surface area contributed by atoms with Crippen molar-refractivity contribution in [2.24, 2.45) is 0 Å². The van der Waals surface area contributed by atoms with Gasteiger partial charge in [0, 0.05) is 10.9 Å². The maximum Gasteiger partial charge on any atom is 0.267 e. The van der Waals surface area contributed by atoms with Crippen LogP contribution in [-0.2, 0) is 0 Å². The van der Waals surface area contributed by atoms with E-state index in [-0.39, 0.29) is 0 Å². The van der Waals surface area contributed by atoms with Crippen LogP contribution >= 0.6 is 0 Å². The Morgan fingerprint density at radius 2 is 1.50 bits per heavy atom. The number of hydrogen-bond donors (Lipinski definition) is 0. The monoisotopic (exact) mass is 366 g/mol. The van der Waals surface area contributed by atoms with E-state index in [9.17, 15) is 0 Å². The molecule has 0 spiro atoms. The summed E-state index contributed by atoms with van der Waals surface area (Å²) in [7, 11) is 0. The molecule has 136 valence electrons. The van der Waals surface area contributed by atoms with E-state index >= 15 is 0 Å². The Morgan fingerprint density at radius 3 is 2.29 bits per heavy atom. The maximum atomic E-state index is 6.20. The number of fused-ring (bicyclic) bond motifs is 3. The molecule has 0 aliphatic rings. The molecule has 0 atom stereocenters. The predicted octanol–water partition coefficient (Wildman–Crippen LogP) is 6.45. The first-order chi connectivity index (χ1) is 13.7. The van der Waals surface area contributed by atoms with Gasteiger partial charge in [0.05, 0.1) is 0 Å². The fourth-order valence-electron chi connectivity index (χ4n) is 3.45. The minimum absolute atomic E-state index is 0.421. The minimum Gasteiger partial charge on any atom is -0.449 e. The summed E-state index contributed by atoms with van der Waals surface area (Å²) in [6, 6.07) is 23.9. The van der Waals surface area contributed by atoms with Gasteiger partial charge in [0.1, 0.15) is 16.8 Å². The van der Waals surface area contributed by atoms with Crippen LogP contribution in [0.5, 0.6) is 11.6 Å². The van der Waals surface area contributed by atoms with Crippen molar-refractivity contribution in [2.45, 2.75) is 13.8 Å². The first-order valence-corrected chi connectivity index (χ1v) is 9.18. The summed E-state index contributed by atoms with van der Waals surface area (Å²) in [6.45, 7) is 4.10. The number of nitrogens with zero attached hydrogens (tertiary/aromatic N) is 2. The molecule has 0 saturated carbocycles. The zero-order valence-corrected chi connectivity index (χ0v) is 15.6. The molecule has 2 aromatic heterocycles.